The van der Waals surface area contributed by atoms with Gasteiger partial charge in [0.15, 0.2) is 0 Å². The van der Waals surface area contributed by atoms with Gasteiger partial charge in [-0.15, -0.1) is 0 Å². The van der Waals surface area contributed by atoms with Gasteiger partial charge < -0.3 is 9.84 Å². The van der Waals surface area contributed by atoms with Crippen molar-refractivity contribution in [2.24, 2.45) is 0 Å². The highest BCUT2D eigenvalue weighted by atomic mass is 16.5. The lowest BCUT2D eigenvalue weighted by Gasteiger charge is -2.30. The molecule has 0 amide bonds. The molecular weight excluding hydrogens is 392 g/mol. The minimum atomic E-state index is -0.181. The van der Waals surface area contributed by atoms with Crippen LogP contribution in [0.3, 0.4) is 0 Å². The Morgan fingerprint density at radius 1 is 0.938 bits per heavy atom. The van der Waals surface area contributed by atoms with Crippen molar-refractivity contribution in [1.82, 2.24) is 0 Å². The standard InChI is InChI=1S/C30H44O2/c1-4-5-6-7-8-12-20-30(2,3)26-18-19-28(25-16-13-17-27(31)21-25)29(22-26)32-23-24-14-10-9-11-15-24/h9-11,14-15,18-19,22,25,27,31H,4-8,12-13,16-17,20-21,23H2,1-3H3/t25-,27-/m0/s1. The van der Waals surface area contributed by atoms with Crippen LogP contribution in [0.1, 0.15) is 114 Å². The van der Waals surface area contributed by atoms with E-state index in [0.717, 1.165) is 31.4 Å². The number of benzene rings is 2. The fourth-order valence-electron chi connectivity index (χ4n) is 5.09. The predicted molar refractivity (Wildman–Crippen MR) is 135 cm³/mol. The molecular formula is C30H44O2. The number of aliphatic hydroxyl groups excluding tert-OH is 1. The fourth-order valence-corrected chi connectivity index (χ4v) is 5.09. The second-order valence-corrected chi connectivity index (χ2v) is 10.4. The minimum absolute atomic E-state index is 0.139. The van der Waals surface area contributed by atoms with E-state index in [1.54, 1.807) is 0 Å². The van der Waals surface area contributed by atoms with Gasteiger partial charge in [-0.1, -0.05) is 108 Å². The summed E-state index contributed by atoms with van der Waals surface area (Å²) in [6.07, 6.45) is 13.1. The maximum absolute atomic E-state index is 10.3. The smallest absolute Gasteiger partial charge is 0.123 e. The first-order valence-electron chi connectivity index (χ1n) is 13.0. The van der Waals surface area contributed by atoms with Gasteiger partial charge in [0, 0.05) is 0 Å². The van der Waals surface area contributed by atoms with Gasteiger partial charge in [-0.3, -0.25) is 0 Å². The van der Waals surface area contributed by atoms with Gasteiger partial charge in [0.25, 0.3) is 0 Å². The molecule has 0 saturated heterocycles. The molecule has 2 aromatic rings. The SMILES string of the molecule is CCCCCCCCC(C)(C)c1ccc([C@H]2CCC[C@H](O)C2)c(OCc2ccccc2)c1. The predicted octanol–water partition coefficient (Wildman–Crippen LogP) is 8.31. The van der Waals surface area contributed by atoms with Crippen molar-refractivity contribution in [2.75, 3.05) is 0 Å². The molecule has 0 radical (unpaired) electrons. The Morgan fingerprint density at radius 2 is 1.69 bits per heavy atom. The average molecular weight is 437 g/mol. The van der Waals surface area contributed by atoms with Crippen LogP contribution in [-0.2, 0) is 12.0 Å². The van der Waals surface area contributed by atoms with E-state index in [4.69, 9.17) is 4.74 Å². The summed E-state index contributed by atoms with van der Waals surface area (Å²) in [6, 6.07) is 17.3. The van der Waals surface area contributed by atoms with Crippen LogP contribution in [0, 0.1) is 0 Å². The third-order valence-electron chi connectivity index (χ3n) is 7.27. The number of rotatable bonds is 12. The molecule has 0 heterocycles. The van der Waals surface area contributed by atoms with Crippen LogP contribution in [0.15, 0.2) is 48.5 Å². The third kappa shape index (κ3) is 7.37. The zero-order valence-electron chi connectivity index (χ0n) is 20.6. The minimum Gasteiger partial charge on any atom is -0.489 e. The van der Waals surface area contributed by atoms with Gasteiger partial charge in [0.05, 0.1) is 6.10 Å². The first kappa shape index (κ1) is 24.8. The normalized spacial score (nSPS) is 19.1. The molecule has 1 N–H and O–H groups in total. The zero-order chi connectivity index (χ0) is 22.8. The molecule has 176 valence electrons. The van der Waals surface area contributed by atoms with Crippen LogP contribution in [-0.4, -0.2) is 11.2 Å². The molecule has 2 nitrogen and oxygen atoms in total. The molecule has 0 unspecified atom stereocenters. The summed E-state index contributed by atoms with van der Waals surface area (Å²) in [6.45, 7) is 7.61. The molecule has 2 aromatic carbocycles. The molecule has 1 fully saturated rings. The Morgan fingerprint density at radius 3 is 2.44 bits per heavy atom. The monoisotopic (exact) mass is 436 g/mol. The summed E-state index contributed by atoms with van der Waals surface area (Å²) >= 11 is 0. The van der Waals surface area contributed by atoms with Crippen LogP contribution < -0.4 is 4.74 Å². The van der Waals surface area contributed by atoms with E-state index in [0.29, 0.717) is 12.5 Å². The fraction of sp³-hybridized carbons (Fsp3) is 0.600. The summed E-state index contributed by atoms with van der Waals surface area (Å²) in [5.41, 5.74) is 3.98. The lowest BCUT2D eigenvalue weighted by Crippen LogP contribution is -2.20. The lowest BCUT2D eigenvalue weighted by molar-refractivity contribution is 0.118. The second kappa shape index (κ2) is 12.4. The summed E-state index contributed by atoms with van der Waals surface area (Å²) in [5.74, 6) is 1.40. The van der Waals surface area contributed by atoms with E-state index < -0.39 is 0 Å². The maximum Gasteiger partial charge on any atom is 0.123 e. The Bertz CT molecular complexity index is 796. The average Bonchev–Trinajstić information content (AvgIpc) is 2.80. The van der Waals surface area contributed by atoms with Gasteiger partial charge in [-0.05, 0) is 59.8 Å². The van der Waals surface area contributed by atoms with Crippen molar-refractivity contribution < 1.29 is 9.84 Å². The van der Waals surface area contributed by atoms with Gasteiger partial charge in [0.2, 0.25) is 0 Å². The Hall–Kier alpha value is -1.80. The van der Waals surface area contributed by atoms with E-state index in [1.165, 1.54) is 61.6 Å². The van der Waals surface area contributed by atoms with E-state index in [2.05, 4.69) is 63.2 Å². The van der Waals surface area contributed by atoms with Crippen LogP contribution >= 0.6 is 0 Å². The van der Waals surface area contributed by atoms with Crippen molar-refractivity contribution in [3.8, 4) is 5.75 Å². The molecule has 0 aliphatic heterocycles. The molecule has 32 heavy (non-hydrogen) atoms. The van der Waals surface area contributed by atoms with Gasteiger partial charge >= 0.3 is 0 Å². The Kier molecular flexibility index (Phi) is 9.66. The first-order chi connectivity index (χ1) is 15.5. The largest absolute Gasteiger partial charge is 0.489 e. The topological polar surface area (TPSA) is 29.5 Å². The van der Waals surface area contributed by atoms with E-state index in [1.807, 2.05) is 6.07 Å². The summed E-state index contributed by atoms with van der Waals surface area (Å²) in [4.78, 5) is 0. The number of unbranched alkanes of at least 4 members (excludes halogenated alkanes) is 5. The van der Waals surface area contributed by atoms with Gasteiger partial charge in [-0.25, -0.2) is 0 Å². The van der Waals surface area contributed by atoms with E-state index in [-0.39, 0.29) is 11.5 Å². The van der Waals surface area contributed by atoms with Crippen molar-refractivity contribution in [3.63, 3.8) is 0 Å². The van der Waals surface area contributed by atoms with Crippen LogP contribution in [0.4, 0.5) is 0 Å². The summed E-state index contributed by atoms with van der Waals surface area (Å²) in [5, 5.41) is 10.3. The highest BCUT2D eigenvalue weighted by Gasteiger charge is 2.27. The molecule has 0 bridgehead atoms. The lowest BCUT2D eigenvalue weighted by atomic mass is 9.77. The van der Waals surface area contributed by atoms with Gasteiger partial charge in [-0.2, -0.15) is 0 Å². The highest BCUT2D eigenvalue weighted by molar-refractivity contribution is 5.43. The third-order valence-corrected chi connectivity index (χ3v) is 7.27. The zero-order valence-corrected chi connectivity index (χ0v) is 20.6. The summed E-state index contributed by atoms with van der Waals surface area (Å²) in [7, 11) is 0. The second-order valence-electron chi connectivity index (χ2n) is 10.4. The Labute approximate surface area is 196 Å². The van der Waals surface area contributed by atoms with Crippen LogP contribution in [0.5, 0.6) is 5.75 Å². The van der Waals surface area contributed by atoms with Crippen molar-refractivity contribution >= 4 is 0 Å². The summed E-state index contributed by atoms with van der Waals surface area (Å²) < 4.78 is 6.44. The van der Waals surface area contributed by atoms with Gasteiger partial charge in [0.1, 0.15) is 12.4 Å². The molecule has 0 spiro atoms. The molecule has 0 aromatic heterocycles. The number of aliphatic hydroxyl groups is 1. The first-order valence-corrected chi connectivity index (χ1v) is 13.0. The van der Waals surface area contributed by atoms with Crippen molar-refractivity contribution in [3.05, 3.63) is 65.2 Å². The van der Waals surface area contributed by atoms with Crippen molar-refractivity contribution in [2.45, 2.75) is 115 Å². The van der Waals surface area contributed by atoms with Crippen LogP contribution in [0.25, 0.3) is 0 Å². The number of ether oxygens (including phenoxy) is 1. The molecule has 1 saturated carbocycles. The van der Waals surface area contributed by atoms with Crippen molar-refractivity contribution in [1.29, 1.82) is 0 Å². The quantitative estimate of drug-likeness (QED) is 0.339. The highest BCUT2D eigenvalue weighted by Crippen LogP contribution is 2.41. The number of hydrogen-bond acceptors (Lipinski definition) is 2. The maximum atomic E-state index is 10.3. The molecule has 2 atom stereocenters. The number of hydrogen-bond donors (Lipinski definition) is 1. The van der Waals surface area contributed by atoms with Crippen LogP contribution in [0.2, 0.25) is 0 Å². The molecule has 1 aliphatic carbocycles. The Balaban J connectivity index is 1.73. The molecule has 1 aliphatic rings. The molecule has 3 rings (SSSR count). The molecule has 2 heteroatoms. The van der Waals surface area contributed by atoms with E-state index in [9.17, 15) is 5.11 Å². The van der Waals surface area contributed by atoms with E-state index >= 15 is 0 Å².